The van der Waals surface area contributed by atoms with E-state index in [0.29, 0.717) is 28.1 Å². The van der Waals surface area contributed by atoms with Gasteiger partial charge in [-0.1, -0.05) is 11.6 Å². The third-order valence-corrected chi connectivity index (χ3v) is 5.94. The van der Waals surface area contributed by atoms with Crippen molar-refractivity contribution in [3.05, 3.63) is 47.1 Å². The highest BCUT2D eigenvalue weighted by molar-refractivity contribution is 6.31. The van der Waals surface area contributed by atoms with E-state index in [1.54, 1.807) is 24.4 Å². The van der Waals surface area contributed by atoms with Gasteiger partial charge in [-0.05, 0) is 44.9 Å². The maximum atomic E-state index is 12.6. The molecule has 3 aromatic rings. The molecule has 1 aliphatic heterocycles. The number of amides is 1. The number of carbonyl (C=O) groups excluding carboxylic acids is 1. The minimum Gasteiger partial charge on any atom is -0.475 e. The average Bonchev–Trinajstić information content (AvgIpc) is 3.04. The zero-order chi connectivity index (χ0) is 20.9. The van der Waals surface area contributed by atoms with Gasteiger partial charge < -0.3 is 19.4 Å². The van der Waals surface area contributed by atoms with Gasteiger partial charge in [0.1, 0.15) is 5.52 Å². The third-order valence-electron chi connectivity index (χ3n) is 5.71. The highest BCUT2D eigenvalue weighted by atomic mass is 35.5. The van der Waals surface area contributed by atoms with E-state index in [9.17, 15) is 4.79 Å². The number of carbonyl (C=O) groups is 1. The summed E-state index contributed by atoms with van der Waals surface area (Å²) in [6.07, 6.45) is 3.54. The van der Waals surface area contributed by atoms with Crippen LogP contribution in [0.1, 0.15) is 37.0 Å². The zero-order valence-electron chi connectivity index (χ0n) is 16.9. The number of hydrogen-bond donors (Lipinski definition) is 1. The van der Waals surface area contributed by atoms with E-state index < -0.39 is 0 Å². The van der Waals surface area contributed by atoms with Crippen LogP contribution in [0.2, 0.25) is 5.02 Å². The number of aromatic nitrogens is 2. The second kappa shape index (κ2) is 7.16. The van der Waals surface area contributed by atoms with Crippen LogP contribution in [-0.2, 0) is 0 Å². The number of ether oxygens (including phenoxy) is 1. The predicted molar refractivity (Wildman–Crippen MR) is 114 cm³/mol. The summed E-state index contributed by atoms with van der Waals surface area (Å²) in [4.78, 5) is 23.4. The lowest BCUT2D eigenvalue weighted by Crippen LogP contribution is -2.66. The number of hydrogen-bond acceptors (Lipinski definition) is 6. The minimum atomic E-state index is -0.0853. The van der Waals surface area contributed by atoms with Crippen LogP contribution < -0.4 is 15.0 Å². The lowest BCUT2D eigenvalue weighted by Gasteiger charge is -2.58. The highest BCUT2D eigenvalue weighted by Crippen LogP contribution is 2.49. The van der Waals surface area contributed by atoms with E-state index in [1.165, 1.54) is 0 Å². The smallest absolute Gasteiger partial charge is 0.298 e. The number of pyridine rings is 1. The fourth-order valence-corrected chi connectivity index (χ4v) is 4.55. The summed E-state index contributed by atoms with van der Waals surface area (Å²) >= 11 is 6.02. The highest BCUT2D eigenvalue weighted by Gasteiger charge is 2.53. The van der Waals surface area contributed by atoms with Gasteiger partial charge in [-0.15, -0.1) is 0 Å². The summed E-state index contributed by atoms with van der Waals surface area (Å²) in [6, 6.07) is 9.69. The van der Waals surface area contributed by atoms with E-state index in [0.717, 1.165) is 31.4 Å². The normalized spacial score (nSPS) is 17.8. The summed E-state index contributed by atoms with van der Waals surface area (Å²) in [6.45, 7) is 5.64. The molecule has 3 heterocycles. The van der Waals surface area contributed by atoms with E-state index in [-0.39, 0.29) is 23.5 Å². The monoisotopic (exact) mass is 426 g/mol. The maximum absolute atomic E-state index is 12.6. The average molecular weight is 427 g/mol. The van der Waals surface area contributed by atoms with Crippen molar-refractivity contribution in [3.63, 3.8) is 0 Å². The van der Waals surface area contributed by atoms with Crippen molar-refractivity contribution in [1.82, 2.24) is 15.3 Å². The van der Waals surface area contributed by atoms with Gasteiger partial charge >= 0.3 is 0 Å². The molecule has 156 valence electrons. The van der Waals surface area contributed by atoms with Crippen molar-refractivity contribution < 1.29 is 13.9 Å². The Morgan fingerprint density at radius 2 is 2.10 bits per heavy atom. The molecule has 0 unspecified atom stereocenters. The lowest BCUT2D eigenvalue weighted by molar-refractivity contribution is 0.0414. The molecule has 0 radical (unpaired) electrons. The van der Waals surface area contributed by atoms with E-state index in [4.69, 9.17) is 20.8 Å². The van der Waals surface area contributed by atoms with Gasteiger partial charge in [-0.3, -0.25) is 4.79 Å². The molecule has 1 N–H and O–H groups in total. The van der Waals surface area contributed by atoms with Gasteiger partial charge in [0.05, 0.1) is 6.10 Å². The Bertz CT molecular complexity index is 1100. The second-order valence-corrected chi connectivity index (χ2v) is 9.03. The van der Waals surface area contributed by atoms with Crippen LogP contribution in [0.4, 0.5) is 6.01 Å². The molecule has 1 saturated heterocycles. The molecule has 2 aliphatic rings. The molecule has 1 spiro atoms. The largest absolute Gasteiger partial charge is 0.475 e. The van der Waals surface area contributed by atoms with Crippen molar-refractivity contribution in [2.24, 2.45) is 5.41 Å². The van der Waals surface area contributed by atoms with Crippen LogP contribution in [0.15, 0.2) is 40.9 Å². The number of rotatable bonds is 5. The van der Waals surface area contributed by atoms with Crippen molar-refractivity contribution in [2.45, 2.75) is 38.8 Å². The fraction of sp³-hybridized carbons (Fsp3) is 0.409. The first-order chi connectivity index (χ1) is 14.4. The Hall–Kier alpha value is -2.80. The number of benzene rings is 1. The topological polar surface area (TPSA) is 80.5 Å². The van der Waals surface area contributed by atoms with Crippen LogP contribution in [0.25, 0.3) is 11.1 Å². The first kappa shape index (κ1) is 19.2. The van der Waals surface area contributed by atoms with Crippen molar-refractivity contribution in [1.29, 1.82) is 0 Å². The molecule has 1 saturated carbocycles. The zero-order valence-corrected chi connectivity index (χ0v) is 17.6. The van der Waals surface area contributed by atoms with Crippen LogP contribution in [-0.4, -0.2) is 41.1 Å². The predicted octanol–water partition coefficient (Wildman–Crippen LogP) is 4.06. The number of fused-ring (bicyclic) bond motifs is 1. The van der Waals surface area contributed by atoms with Gasteiger partial charge in [-0.25, -0.2) is 4.98 Å². The Kier molecular flexibility index (Phi) is 4.58. The molecule has 7 nitrogen and oxygen atoms in total. The fourth-order valence-electron chi connectivity index (χ4n) is 4.39. The number of halogens is 1. The maximum Gasteiger partial charge on any atom is 0.298 e. The Morgan fingerprint density at radius 1 is 1.30 bits per heavy atom. The van der Waals surface area contributed by atoms with Crippen LogP contribution in [0, 0.1) is 5.41 Å². The standard InChI is InChI=1S/C22H23ClN4O3/c1-13(2)29-19-7-14(5-6-24-19)20(28)25-16-9-22(10-16)11-27(12-22)21-26-17-4-3-15(23)8-18(17)30-21/h3-8,13,16H,9-12H2,1-2H3,(H,25,28). The van der Waals surface area contributed by atoms with E-state index >= 15 is 0 Å². The van der Waals surface area contributed by atoms with Gasteiger partial charge in [0, 0.05) is 53.5 Å². The Balaban J connectivity index is 1.15. The summed E-state index contributed by atoms with van der Waals surface area (Å²) in [5.74, 6) is 0.384. The molecule has 1 aliphatic carbocycles. The van der Waals surface area contributed by atoms with Crippen molar-refractivity contribution in [2.75, 3.05) is 18.0 Å². The van der Waals surface area contributed by atoms with Crippen molar-refractivity contribution in [3.8, 4) is 5.88 Å². The molecule has 5 rings (SSSR count). The number of anilines is 1. The summed E-state index contributed by atoms with van der Waals surface area (Å²) in [5, 5.41) is 3.76. The first-order valence-corrected chi connectivity index (χ1v) is 10.5. The van der Waals surface area contributed by atoms with E-state index in [2.05, 4.69) is 20.2 Å². The lowest BCUT2D eigenvalue weighted by atomic mass is 9.60. The number of nitrogens with one attached hydrogen (secondary N) is 1. The number of nitrogens with zero attached hydrogens (tertiary/aromatic N) is 3. The molecule has 0 atom stereocenters. The molecule has 1 amide bonds. The van der Waals surface area contributed by atoms with Gasteiger partial charge in [0.2, 0.25) is 5.88 Å². The van der Waals surface area contributed by atoms with Gasteiger partial charge in [-0.2, -0.15) is 4.98 Å². The molecule has 2 fully saturated rings. The summed E-state index contributed by atoms with van der Waals surface area (Å²) in [7, 11) is 0. The van der Waals surface area contributed by atoms with Gasteiger partial charge in [0.15, 0.2) is 5.58 Å². The SMILES string of the molecule is CC(C)Oc1cc(C(=O)NC2CC3(C2)CN(c2nc4ccc(Cl)cc4o2)C3)ccn1. The number of oxazole rings is 1. The van der Waals surface area contributed by atoms with Gasteiger partial charge in [0.25, 0.3) is 11.9 Å². The molecule has 0 bridgehead atoms. The van der Waals surface area contributed by atoms with Crippen molar-refractivity contribution >= 4 is 34.6 Å². The van der Waals surface area contributed by atoms with Crippen LogP contribution in [0.3, 0.4) is 0 Å². The molecular weight excluding hydrogens is 404 g/mol. The molecule has 2 aromatic heterocycles. The molecule has 1 aromatic carbocycles. The third kappa shape index (κ3) is 3.58. The summed E-state index contributed by atoms with van der Waals surface area (Å²) < 4.78 is 11.4. The minimum absolute atomic E-state index is 0.0158. The first-order valence-electron chi connectivity index (χ1n) is 10.1. The van der Waals surface area contributed by atoms with Crippen LogP contribution >= 0.6 is 11.6 Å². The Morgan fingerprint density at radius 3 is 2.87 bits per heavy atom. The molecule has 8 heteroatoms. The van der Waals surface area contributed by atoms with E-state index in [1.807, 2.05) is 26.0 Å². The Labute approximate surface area is 179 Å². The summed E-state index contributed by atoms with van der Waals surface area (Å²) in [5.41, 5.74) is 2.32. The molecule has 30 heavy (non-hydrogen) atoms. The second-order valence-electron chi connectivity index (χ2n) is 8.59. The quantitative estimate of drug-likeness (QED) is 0.662. The van der Waals surface area contributed by atoms with Crippen LogP contribution in [0.5, 0.6) is 5.88 Å². The molecular formula is C22H23ClN4O3.